The molecule has 1 aliphatic carbocycles. The van der Waals surface area contributed by atoms with E-state index in [1.807, 2.05) is 19.1 Å². The Bertz CT molecular complexity index is 452. The van der Waals surface area contributed by atoms with Gasteiger partial charge in [0.2, 0.25) is 0 Å². The van der Waals surface area contributed by atoms with Gasteiger partial charge in [-0.2, -0.15) is 0 Å². The van der Waals surface area contributed by atoms with Gasteiger partial charge in [-0.15, -0.1) is 0 Å². The van der Waals surface area contributed by atoms with Gasteiger partial charge in [-0.1, -0.05) is 13.8 Å². The standard InChI is InChI=1S/C18H26O3/c1-4-20-15-7-5-14(6-8-15)17(19)13-21-16-9-11-18(2,3)12-10-16/h5-8,16H,4,9-13H2,1-3H3. The molecule has 0 bridgehead atoms. The fraction of sp³-hybridized carbons (Fsp3) is 0.611. The molecular weight excluding hydrogens is 264 g/mol. The van der Waals surface area contributed by atoms with Crippen molar-refractivity contribution in [3.8, 4) is 5.75 Å². The zero-order valence-corrected chi connectivity index (χ0v) is 13.4. The minimum atomic E-state index is 0.0443. The van der Waals surface area contributed by atoms with Crippen LogP contribution in [0.1, 0.15) is 56.8 Å². The van der Waals surface area contributed by atoms with Gasteiger partial charge in [-0.3, -0.25) is 4.79 Å². The first kappa shape index (κ1) is 16.0. The summed E-state index contributed by atoms with van der Waals surface area (Å²) in [6.07, 6.45) is 4.71. The molecule has 0 heterocycles. The Kier molecular flexibility index (Phi) is 5.40. The summed E-state index contributed by atoms with van der Waals surface area (Å²) in [5, 5.41) is 0. The van der Waals surface area contributed by atoms with Crippen LogP contribution in [0, 0.1) is 5.41 Å². The van der Waals surface area contributed by atoms with E-state index in [0.717, 1.165) is 18.6 Å². The highest BCUT2D eigenvalue weighted by molar-refractivity contribution is 5.97. The fourth-order valence-corrected chi connectivity index (χ4v) is 2.72. The molecule has 21 heavy (non-hydrogen) atoms. The van der Waals surface area contributed by atoms with E-state index >= 15 is 0 Å². The summed E-state index contributed by atoms with van der Waals surface area (Å²) >= 11 is 0. The molecule has 0 aromatic heterocycles. The quantitative estimate of drug-likeness (QED) is 0.735. The van der Waals surface area contributed by atoms with E-state index in [2.05, 4.69) is 13.8 Å². The van der Waals surface area contributed by atoms with Crippen LogP contribution in [0.4, 0.5) is 0 Å². The Morgan fingerprint density at radius 3 is 2.38 bits per heavy atom. The number of benzene rings is 1. The first-order chi connectivity index (χ1) is 10.00. The molecule has 3 heteroatoms. The number of hydrogen-bond acceptors (Lipinski definition) is 3. The topological polar surface area (TPSA) is 35.5 Å². The Morgan fingerprint density at radius 2 is 1.81 bits per heavy atom. The van der Waals surface area contributed by atoms with Crippen molar-refractivity contribution < 1.29 is 14.3 Å². The summed E-state index contributed by atoms with van der Waals surface area (Å²) in [6.45, 7) is 7.36. The minimum absolute atomic E-state index is 0.0443. The number of carbonyl (C=O) groups is 1. The van der Waals surface area contributed by atoms with Crippen LogP contribution in [0.2, 0.25) is 0 Å². The van der Waals surface area contributed by atoms with Gasteiger partial charge < -0.3 is 9.47 Å². The maximum atomic E-state index is 12.1. The van der Waals surface area contributed by atoms with E-state index in [1.165, 1.54) is 12.8 Å². The zero-order chi connectivity index (χ0) is 15.3. The van der Waals surface area contributed by atoms with Gasteiger partial charge in [0.1, 0.15) is 12.4 Å². The first-order valence-electron chi connectivity index (χ1n) is 7.88. The zero-order valence-electron chi connectivity index (χ0n) is 13.4. The van der Waals surface area contributed by atoms with Crippen LogP contribution in [-0.2, 0) is 4.74 Å². The van der Waals surface area contributed by atoms with Crippen LogP contribution in [0.3, 0.4) is 0 Å². The normalized spacial score (nSPS) is 18.4. The smallest absolute Gasteiger partial charge is 0.188 e. The molecule has 2 rings (SSSR count). The highest BCUT2D eigenvalue weighted by Crippen LogP contribution is 2.36. The average Bonchev–Trinajstić information content (AvgIpc) is 2.47. The van der Waals surface area contributed by atoms with Crippen molar-refractivity contribution in [3.63, 3.8) is 0 Å². The molecule has 0 amide bonds. The molecular formula is C18H26O3. The lowest BCUT2D eigenvalue weighted by atomic mass is 9.76. The molecule has 0 spiro atoms. The summed E-state index contributed by atoms with van der Waals surface area (Å²) in [7, 11) is 0. The van der Waals surface area contributed by atoms with Crippen molar-refractivity contribution in [1.82, 2.24) is 0 Å². The summed E-state index contributed by atoms with van der Waals surface area (Å²) in [5.41, 5.74) is 1.12. The summed E-state index contributed by atoms with van der Waals surface area (Å²) in [4.78, 5) is 12.1. The highest BCUT2D eigenvalue weighted by Gasteiger charge is 2.27. The summed E-state index contributed by atoms with van der Waals surface area (Å²) < 4.78 is 11.2. The summed E-state index contributed by atoms with van der Waals surface area (Å²) in [5.74, 6) is 0.840. The van der Waals surface area contributed by atoms with E-state index in [-0.39, 0.29) is 18.5 Å². The molecule has 1 fully saturated rings. The molecule has 0 N–H and O–H groups in total. The number of rotatable bonds is 6. The molecule has 0 atom stereocenters. The van der Waals surface area contributed by atoms with Crippen LogP contribution < -0.4 is 4.74 Å². The maximum Gasteiger partial charge on any atom is 0.188 e. The molecule has 0 unspecified atom stereocenters. The van der Waals surface area contributed by atoms with E-state index in [4.69, 9.17) is 9.47 Å². The molecule has 0 saturated heterocycles. The van der Waals surface area contributed by atoms with Crippen LogP contribution in [-0.4, -0.2) is 25.1 Å². The fourth-order valence-electron chi connectivity index (χ4n) is 2.72. The third-order valence-electron chi connectivity index (χ3n) is 4.22. The number of Topliss-reactive ketones (excluding diaryl/α,β-unsaturated/α-hetero) is 1. The van der Waals surface area contributed by atoms with Crippen LogP contribution in [0.15, 0.2) is 24.3 Å². The second-order valence-electron chi connectivity index (χ2n) is 6.56. The molecule has 3 nitrogen and oxygen atoms in total. The third kappa shape index (κ3) is 4.85. The number of ether oxygens (including phenoxy) is 2. The van der Waals surface area contributed by atoms with Gasteiger partial charge in [0.05, 0.1) is 12.7 Å². The lowest BCUT2D eigenvalue weighted by Gasteiger charge is -2.34. The van der Waals surface area contributed by atoms with E-state index in [1.54, 1.807) is 12.1 Å². The van der Waals surface area contributed by atoms with Crippen molar-refractivity contribution in [2.75, 3.05) is 13.2 Å². The monoisotopic (exact) mass is 290 g/mol. The third-order valence-corrected chi connectivity index (χ3v) is 4.22. The number of carbonyl (C=O) groups excluding carboxylic acids is 1. The van der Waals surface area contributed by atoms with Gasteiger partial charge in [-0.25, -0.2) is 0 Å². The summed E-state index contributed by atoms with van der Waals surface area (Å²) in [6, 6.07) is 7.28. The van der Waals surface area contributed by atoms with Gasteiger partial charge >= 0.3 is 0 Å². The first-order valence-corrected chi connectivity index (χ1v) is 7.88. The van der Waals surface area contributed by atoms with E-state index in [9.17, 15) is 4.79 Å². The van der Waals surface area contributed by atoms with Crippen LogP contribution >= 0.6 is 0 Å². The lowest BCUT2D eigenvalue weighted by molar-refractivity contribution is 0.00862. The number of ketones is 1. The van der Waals surface area contributed by atoms with Gasteiger partial charge in [0, 0.05) is 5.56 Å². The average molecular weight is 290 g/mol. The van der Waals surface area contributed by atoms with E-state index < -0.39 is 0 Å². The van der Waals surface area contributed by atoms with Gasteiger partial charge in [0.15, 0.2) is 5.78 Å². The maximum absolute atomic E-state index is 12.1. The minimum Gasteiger partial charge on any atom is -0.494 e. The lowest BCUT2D eigenvalue weighted by Crippen LogP contribution is -2.28. The predicted molar refractivity (Wildman–Crippen MR) is 83.9 cm³/mol. The van der Waals surface area contributed by atoms with E-state index in [0.29, 0.717) is 17.6 Å². The molecule has 0 aliphatic heterocycles. The second kappa shape index (κ2) is 7.08. The van der Waals surface area contributed by atoms with Crippen molar-refractivity contribution >= 4 is 5.78 Å². The van der Waals surface area contributed by atoms with Gasteiger partial charge in [0.25, 0.3) is 0 Å². The van der Waals surface area contributed by atoms with Crippen LogP contribution in [0.25, 0.3) is 0 Å². The SMILES string of the molecule is CCOc1ccc(C(=O)COC2CCC(C)(C)CC2)cc1. The highest BCUT2D eigenvalue weighted by atomic mass is 16.5. The van der Waals surface area contributed by atoms with Crippen LogP contribution in [0.5, 0.6) is 5.75 Å². The van der Waals surface area contributed by atoms with Crippen molar-refractivity contribution in [3.05, 3.63) is 29.8 Å². The molecule has 1 aromatic carbocycles. The largest absolute Gasteiger partial charge is 0.494 e. The molecule has 0 radical (unpaired) electrons. The molecule has 116 valence electrons. The molecule has 1 aliphatic rings. The molecule has 1 saturated carbocycles. The Morgan fingerprint density at radius 1 is 1.19 bits per heavy atom. The van der Waals surface area contributed by atoms with Crippen molar-refractivity contribution in [2.24, 2.45) is 5.41 Å². The van der Waals surface area contributed by atoms with Crippen molar-refractivity contribution in [2.45, 2.75) is 52.6 Å². The predicted octanol–water partition coefficient (Wildman–Crippen LogP) is 4.25. The second-order valence-corrected chi connectivity index (χ2v) is 6.56. The van der Waals surface area contributed by atoms with Gasteiger partial charge in [-0.05, 0) is 62.3 Å². The Labute approximate surface area is 127 Å². The van der Waals surface area contributed by atoms with Crippen molar-refractivity contribution in [1.29, 1.82) is 0 Å². The Hall–Kier alpha value is -1.35. The Balaban J connectivity index is 1.79. The number of hydrogen-bond donors (Lipinski definition) is 0. The molecule has 1 aromatic rings.